The molecule has 0 spiro atoms. The van der Waals surface area contributed by atoms with Gasteiger partial charge in [0.05, 0.1) is 12.2 Å². The van der Waals surface area contributed by atoms with Crippen molar-refractivity contribution >= 4 is 17.6 Å². The number of para-hydroxylation sites is 1. The van der Waals surface area contributed by atoms with E-state index >= 15 is 0 Å². The molecule has 0 aliphatic rings. The zero-order valence-corrected chi connectivity index (χ0v) is 22.1. The highest BCUT2D eigenvalue weighted by atomic mass is 16.5. The van der Waals surface area contributed by atoms with Crippen LogP contribution in [0.25, 0.3) is 0 Å². The van der Waals surface area contributed by atoms with Crippen molar-refractivity contribution in [1.29, 1.82) is 0 Å². The van der Waals surface area contributed by atoms with Crippen molar-refractivity contribution < 1.29 is 24.2 Å². The van der Waals surface area contributed by atoms with Gasteiger partial charge in [-0.05, 0) is 67.0 Å². The van der Waals surface area contributed by atoms with E-state index in [9.17, 15) is 9.59 Å². The first-order valence-corrected chi connectivity index (χ1v) is 12.9. The molecule has 2 N–H and O–H groups in total. The van der Waals surface area contributed by atoms with Gasteiger partial charge in [-0.2, -0.15) is 0 Å². The van der Waals surface area contributed by atoms with Crippen molar-refractivity contribution in [2.45, 2.75) is 59.5 Å². The number of aliphatic carboxylic acids is 1. The Kier molecular flexibility index (Phi) is 10.1. The lowest BCUT2D eigenvalue weighted by Gasteiger charge is -2.20. The van der Waals surface area contributed by atoms with E-state index in [-0.39, 0.29) is 18.9 Å². The molecule has 37 heavy (non-hydrogen) atoms. The summed E-state index contributed by atoms with van der Waals surface area (Å²) in [4.78, 5) is 23.8. The quantitative estimate of drug-likeness (QED) is 0.241. The Morgan fingerprint density at radius 2 is 1.62 bits per heavy atom. The largest absolute Gasteiger partial charge is 0.493 e. The number of carboxylic acids is 1. The van der Waals surface area contributed by atoms with Crippen LogP contribution in [0.15, 0.2) is 66.7 Å². The van der Waals surface area contributed by atoms with Crippen LogP contribution in [-0.4, -0.2) is 23.6 Å². The van der Waals surface area contributed by atoms with Gasteiger partial charge in [-0.15, -0.1) is 0 Å². The molecule has 0 saturated heterocycles. The molecule has 1 amide bonds. The Labute approximate surface area is 219 Å². The third-order valence-corrected chi connectivity index (χ3v) is 6.50. The molecule has 0 aliphatic carbocycles. The maximum absolute atomic E-state index is 13.1. The zero-order chi connectivity index (χ0) is 26.8. The first-order chi connectivity index (χ1) is 17.8. The summed E-state index contributed by atoms with van der Waals surface area (Å²) in [7, 11) is 0. The summed E-state index contributed by atoms with van der Waals surface area (Å²) >= 11 is 0. The van der Waals surface area contributed by atoms with Gasteiger partial charge in [0.2, 0.25) is 0 Å². The van der Waals surface area contributed by atoms with Crippen LogP contribution in [0.4, 0.5) is 5.69 Å². The molecular formula is C31H37NO5. The predicted molar refractivity (Wildman–Crippen MR) is 147 cm³/mol. The monoisotopic (exact) mass is 503 g/mol. The molecule has 0 bridgehead atoms. The number of nitrogens with one attached hydrogen (secondary N) is 1. The number of carbonyl (C=O) groups excluding carboxylic acids is 1. The summed E-state index contributed by atoms with van der Waals surface area (Å²) in [5.41, 5.74) is 4.31. The highest BCUT2D eigenvalue weighted by Gasteiger charge is 2.16. The number of hydrogen-bond donors (Lipinski definition) is 2. The second-order valence-corrected chi connectivity index (χ2v) is 9.51. The van der Waals surface area contributed by atoms with Crippen LogP contribution in [0.1, 0.15) is 73.0 Å². The van der Waals surface area contributed by atoms with Crippen molar-refractivity contribution in [3.8, 4) is 11.5 Å². The van der Waals surface area contributed by atoms with Gasteiger partial charge >= 0.3 is 5.97 Å². The van der Waals surface area contributed by atoms with Crippen molar-refractivity contribution in [2.24, 2.45) is 5.92 Å². The summed E-state index contributed by atoms with van der Waals surface area (Å²) in [5, 5.41) is 11.8. The summed E-state index contributed by atoms with van der Waals surface area (Å²) in [6.07, 6.45) is 1.50. The van der Waals surface area contributed by atoms with Crippen LogP contribution >= 0.6 is 0 Å². The molecule has 1 atom stereocenters. The number of ether oxygens (including phenoxy) is 2. The molecule has 3 aromatic carbocycles. The van der Waals surface area contributed by atoms with E-state index in [4.69, 9.17) is 14.6 Å². The van der Waals surface area contributed by atoms with Crippen LogP contribution < -0.4 is 14.8 Å². The number of rotatable bonds is 13. The van der Waals surface area contributed by atoms with Crippen molar-refractivity contribution in [1.82, 2.24) is 0 Å². The Bertz CT molecular complexity index is 1190. The molecule has 0 heterocycles. The first-order valence-electron chi connectivity index (χ1n) is 12.9. The molecule has 1 unspecified atom stereocenters. The molecule has 0 aromatic heterocycles. The molecule has 196 valence electrons. The molecule has 6 nitrogen and oxygen atoms in total. The normalized spacial score (nSPS) is 11.7. The number of hydrogen-bond acceptors (Lipinski definition) is 4. The minimum absolute atomic E-state index is 0.0156. The number of benzene rings is 3. The topological polar surface area (TPSA) is 84.9 Å². The van der Waals surface area contributed by atoms with E-state index in [1.54, 1.807) is 24.3 Å². The van der Waals surface area contributed by atoms with E-state index in [1.165, 1.54) is 5.56 Å². The number of carboxylic acid groups (broad SMARTS) is 1. The minimum atomic E-state index is -0.875. The van der Waals surface area contributed by atoms with Gasteiger partial charge in [0.1, 0.15) is 18.1 Å². The third kappa shape index (κ3) is 7.84. The van der Waals surface area contributed by atoms with Gasteiger partial charge in [-0.25, -0.2) is 0 Å². The third-order valence-electron chi connectivity index (χ3n) is 6.50. The summed E-state index contributed by atoms with van der Waals surface area (Å²) < 4.78 is 11.8. The average molecular weight is 504 g/mol. The molecule has 0 aliphatic heterocycles. The van der Waals surface area contributed by atoms with Gasteiger partial charge in [0.25, 0.3) is 5.91 Å². The molecule has 6 heteroatoms. The smallest absolute Gasteiger partial charge is 0.303 e. The highest BCUT2D eigenvalue weighted by molar-refractivity contribution is 6.06. The minimum Gasteiger partial charge on any atom is -0.493 e. The second-order valence-electron chi connectivity index (χ2n) is 9.51. The maximum Gasteiger partial charge on any atom is 0.303 e. The summed E-state index contributed by atoms with van der Waals surface area (Å²) in [6.45, 7) is 9.31. The molecular weight excluding hydrogens is 466 g/mol. The van der Waals surface area contributed by atoms with Crippen LogP contribution in [0.2, 0.25) is 0 Å². The van der Waals surface area contributed by atoms with Gasteiger partial charge < -0.3 is 19.9 Å². The summed E-state index contributed by atoms with van der Waals surface area (Å²) in [6, 6.07) is 21.1. The fourth-order valence-corrected chi connectivity index (χ4v) is 4.40. The van der Waals surface area contributed by atoms with Crippen molar-refractivity contribution in [2.75, 3.05) is 11.9 Å². The molecule has 0 saturated carbocycles. The van der Waals surface area contributed by atoms with E-state index in [0.29, 0.717) is 47.6 Å². The lowest BCUT2D eigenvalue weighted by atomic mass is 9.86. The lowest BCUT2D eigenvalue weighted by Crippen LogP contribution is -2.15. The Morgan fingerprint density at radius 1 is 0.919 bits per heavy atom. The van der Waals surface area contributed by atoms with E-state index in [2.05, 4.69) is 50.4 Å². The van der Waals surface area contributed by atoms with Gasteiger partial charge in [0.15, 0.2) is 0 Å². The molecule has 0 fully saturated rings. The van der Waals surface area contributed by atoms with Crippen LogP contribution in [0.3, 0.4) is 0 Å². The Morgan fingerprint density at radius 3 is 2.30 bits per heavy atom. The standard InChI is InChI=1S/C31H37NO5/c1-5-25(21(2)3)24-17-15-23(16-18-24)20-37-28-13-8-11-27(22(28)4)32-31(35)26-10-6-7-12-29(26)36-19-9-14-30(33)34/h6-8,10-13,15-18,21,25H,5,9,14,19-20H2,1-4H3,(H,32,35)(H,33,34). The van der Waals surface area contributed by atoms with Gasteiger partial charge in [0, 0.05) is 17.7 Å². The van der Waals surface area contributed by atoms with Crippen molar-refractivity contribution in [3.63, 3.8) is 0 Å². The summed E-state index contributed by atoms with van der Waals surface area (Å²) in [5.74, 6) is 1.09. The zero-order valence-electron chi connectivity index (χ0n) is 22.1. The van der Waals surface area contributed by atoms with Gasteiger partial charge in [-0.1, -0.05) is 63.2 Å². The van der Waals surface area contributed by atoms with Crippen molar-refractivity contribution in [3.05, 3.63) is 89.0 Å². The maximum atomic E-state index is 13.1. The Hall–Kier alpha value is -3.80. The number of anilines is 1. The van der Waals surface area contributed by atoms with Gasteiger partial charge in [-0.3, -0.25) is 9.59 Å². The fourth-order valence-electron chi connectivity index (χ4n) is 4.40. The second kappa shape index (κ2) is 13.5. The SMILES string of the molecule is CCC(c1ccc(COc2cccc(NC(=O)c3ccccc3OCCCC(=O)O)c2C)cc1)C(C)C. The lowest BCUT2D eigenvalue weighted by molar-refractivity contribution is -0.137. The highest BCUT2D eigenvalue weighted by Crippen LogP contribution is 2.30. The van der Waals surface area contributed by atoms with Crippen LogP contribution in [0, 0.1) is 12.8 Å². The van der Waals surface area contributed by atoms with E-state index in [1.807, 2.05) is 25.1 Å². The molecule has 0 radical (unpaired) electrons. The molecule has 3 rings (SSSR count). The predicted octanol–water partition coefficient (Wildman–Crippen LogP) is 7.22. The average Bonchev–Trinajstić information content (AvgIpc) is 2.88. The number of carbonyl (C=O) groups is 2. The molecule has 3 aromatic rings. The number of amides is 1. The first kappa shape index (κ1) is 27.8. The van der Waals surface area contributed by atoms with E-state index in [0.717, 1.165) is 17.5 Å². The Balaban J connectivity index is 1.65. The van der Waals surface area contributed by atoms with Crippen LogP contribution in [-0.2, 0) is 11.4 Å². The fraction of sp³-hybridized carbons (Fsp3) is 0.355. The van der Waals surface area contributed by atoms with E-state index < -0.39 is 5.97 Å². The van der Waals surface area contributed by atoms with Crippen LogP contribution in [0.5, 0.6) is 11.5 Å².